The number of aryl methyl sites for hydroxylation is 1. The van der Waals surface area contributed by atoms with E-state index >= 15 is 0 Å². The van der Waals surface area contributed by atoms with Crippen LogP contribution < -0.4 is 15.9 Å². The number of para-hydroxylation sites is 1. The Labute approximate surface area is 188 Å². The number of thioether (sulfide) groups is 1. The van der Waals surface area contributed by atoms with Gasteiger partial charge < -0.3 is 4.42 Å². The van der Waals surface area contributed by atoms with Gasteiger partial charge in [0.2, 0.25) is 6.17 Å². The minimum atomic E-state index is -0.586. The predicted octanol–water partition coefficient (Wildman–Crippen LogP) is 3.80. The molecule has 2 aromatic carbocycles. The molecule has 8 heteroatoms. The quantitative estimate of drug-likeness (QED) is 0.658. The highest BCUT2D eigenvalue weighted by molar-refractivity contribution is 8.13. The summed E-state index contributed by atoms with van der Waals surface area (Å²) in [5.41, 5.74) is 2.44. The lowest BCUT2D eigenvalue weighted by molar-refractivity contribution is -0.116. The van der Waals surface area contributed by atoms with Gasteiger partial charge in [-0.1, -0.05) is 54.6 Å². The van der Waals surface area contributed by atoms with Gasteiger partial charge in [0, 0.05) is 15.8 Å². The minimum Gasteiger partial charge on any atom is -0.457 e. The standard InChI is InChI=1S/C23H19ClN4O2S/c1-3-31-23-26-22(29)20-15-6-4-5-7-17(15)25-21(28(20)27-23)19-11-10-18(30-19)16-12-14(24)9-8-13(16)2/h4-12,21H,3H2,1-2H3,(H,26,27,29)/t21-/m1/s1. The second-order valence-corrected chi connectivity index (χ2v) is 8.86. The number of halogens is 1. The van der Waals surface area contributed by atoms with Gasteiger partial charge in [-0.05, 0) is 48.6 Å². The Bertz CT molecular complexity index is 1350. The second-order valence-electron chi connectivity index (χ2n) is 7.17. The molecule has 0 unspecified atom stereocenters. The van der Waals surface area contributed by atoms with Crippen molar-refractivity contribution in [1.29, 1.82) is 0 Å². The first-order valence-corrected chi connectivity index (χ1v) is 11.3. The topological polar surface area (TPSA) is 70.2 Å². The fourth-order valence-electron chi connectivity index (χ4n) is 3.71. The number of amides is 1. The molecule has 2 aliphatic heterocycles. The normalized spacial score (nSPS) is 17.5. The van der Waals surface area contributed by atoms with Crippen molar-refractivity contribution < 1.29 is 9.21 Å². The number of hydrogen-bond donors (Lipinski definition) is 1. The van der Waals surface area contributed by atoms with Crippen molar-refractivity contribution in [3.05, 3.63) is 81.5 Å². The molecular formula is C23H19ClN4O2S. The molecule has 0 saturated heterocycles. The van der Waals surface area contributed by atoms with E-state index in [1.54, 1.807) is 5.01 Å². The number of benzene rings is 2. The van der Waals surface area contributed by atoms with Crippen molar-refractivity contribution in [2.45, 2.75) is 20.0 Å². The van der Waals surface area contributed by atoms with Gasteiger partial charge >= 0.3 is 0 Å². The summed E-state index contributed by atoms with van der Waals surface area (Å²) in [6.07, 6.45) is -0.586. The maximum Gasteiger partial charge on any atom is 0.276 e. The van der Waals surface area contributed by atoms with Crippen molar-refractivity contribution in [3.63, 3.8) is 0 Å². The Morgan fingerprint density at radius 3 is 2.87 bits per heavy atom. The molecule has 31 heavy (non-hydrogen) atoms. The molecule has 5 rings (SSSR count). The SMILES string of the molecule is CCSC1=NN2C(=c3ccccc3=N[C@H]2c2ccc(-c3cc(Cl)ccc3C)o2)C(=O)N1. The molecule has 0 spiro atoms. The molecule has 6 nitrogen and oxygen atoms in total. The molecule has 0 saturated carbocycles. The van der Waals surface area contributed by atoms with E-state index in [-0.39, 0.29) is 5.91 Å². The van der Waals surface area contributed by atoms with Gasteiger partial charge in [-0.25, -0.2) is 10.0 Å². The Morgan fingerprint density at radius 2 is 2.03 bits per heavy atom. The summed E-state index contributed by atoms with van der Waals surface area (Å²) in [6, 6.07) is 17.0. The zero-order valence-corrected chi connectivity index (χ0v) is 18.5. The zero-order valence-electron chi connectivity index (χ0n) is 16.9. The van der Waals surface area contributed by atoms with Gasteiger partial charge in [-0.3, -0.25) is 10.1 Å². The number of amidine groups is 1. The molecular weight excluding hydrogens is 432 g/mol. The summed E-state index contributed by atoms with van der Waals surface area (Å²) >= 11 is 7.67. The highest BCUT2D eigenvalue weighted by Gasteiger charge is 2.35. The fourth-order valence-corrected chi connectivity index (χ4v) is 4.47. The second kappa shape index (κ2) is 7.90. The highest BCUT2D eigenvalue weighted by Crippen LogP contribution is 2.35. The summed E-state index contributed by atoms with van der Waals surface area (Å²) in [5.74, 6) is 1.88. The first-order valence-electron chi connectivity index (χ1n) is 9.90. The van der Waals surface area contributed by atoms with Crippen LogP contribution in [0.25, 0.3) is 17.0 Å². The van der Waals surface area contributed by atoms with Crippen LogP contribution in [0.3, 0.4) is 0 Å². The average Bonchev–Trinajstić information content (AvgIpc) is 3.24. The molecule has 0 aliphatic carbocycles. The fraction of sp³-hybridized carbons (Fsp3) is 0.174. The number of furan rings is 1. The largest absolute Gasteiger partial charge is 0.457 e. The maximum atomic E-state index is 13.0. The summed E-state index contributed by atoms with van der Waals surface area (Å²) < 4.78 is 6.22. The lowest BCUT2D eigenvalue weighted by Crippen LogP contribution is -2.50. The number of hydrazone groups is 1. The van der Waals surface area contributed by atoms with Crippen molar-refractivity contribution in [1.82, 2.24) is 10.3 Å². The van der Waals surface area contributed by atoms with Crippen LogP contribution in [-0.2, 0) is 4.79 Å². The monoisotopic (exact) mass is 450 g/mol. The number of rotatable bonds is 3. The number of nitrogens with one attached hydrogen (secondary N) is 1. The van der Waals surface area contributed by atoms with Crippen LogP contribution in [0.2, 0.25) is 5.02 Å². The third-order valence-corrected chi connectivity index (χ3v) is 6.12. The minimum absolute atomic E-state index is 0.198. The van der Waals surface area contributed by atoms with E-state index in [9.17, 15) is 4.79 Å². The van der Waals surface area contributed by atoms with Crippen LogP contribution in [0.1, 0.15) is 24.4 Å². The van der Waals surface area contributed by atoms with E-state index in [2.05, 4.69) is 10.4 Å². The number of fused-ring (bicyclic) bond motifs is 2. The molecule has 0 bridgehead atoms. The van der Waals surface area contributed by atoms with Gasteiger partial charge in [0.25, 0.3) is 5.91 Å². The molecule has 1 N–H and O–H groups in total. The number of carbonyl (C=O) groups excluding carboxylic acids is 1. The maximum absolute atomic E-state index is 13.0. The molecule has 1 atom stereocenters. The van der Waals surface area contributed by atoms with Crippen LogP contribution >= 0.6 is 23.4 Å². The Kier molecular flexibility index (Phi) is 5.08. The Hall–Kier alpha value is -3.03. The van der Waals surface area contributed by atoms with Crippen LogP contribution in [0.15, 0.2) is 69.1 Å². The third kappa shape index (κ3) is 3.54. The lowest BCUT2D eigenvalue weighted by Gasteiger charge is -2.32. The van der Waals surface area contributed by atoms with Gasteiger partial charge in [0.05, 0.1) is 5.36 Å². The summed E-state index contributed by atoms with van der Waals surface area (Å²) in [7, 11) is 0. The first-order chi connectivity index (χ1) is 15.0. The van der Waals surface area contributed by atoms with E-state index < -0.39 is 6.17 Å². The van der Waals surface area contributed by atoms with Gasteiger partial charge in [0.1, 0.15) is 11.5 Å². The number of hydrogen-bond acceptors (Lipinski definition) is 6. The molecule has 2 aliphatic rings. The molecule has 0 fully saturated rings. The first kappa shape index (κ1) is 19.9. The molecule has 3 aromatic rings. The van der Waals surface area contributed by atoms with E-state index in [1.807, 2.05) is 68.4 Å². The highest BCUT2D eigenvalue weighted by atomic mass is 35.5. The van der Waals surface area contributed by atoms with E-state index in [0.29, 0.717) is 27.4 Å². The number of nitrogens with zero attached hydrogens (tertiary/aromatic N) is 3. The summed E-state index contributed by atoms with van der Waals surface area (Å²) in [4.78, 5) is 17.9. The van der Waals surface area contributed by atoms with E-state index in [4.69, 9.17) is 21.0 Å². The van der Waals surface area contributed by atoms with E-state index in [1.165, 1.54) is 11.8 Å². The van der Waals surface area contributed by atoms with Gasteiger partial charge in [0.15, 0.2) is 10.9 Å². The lowest BCUT2D eigenvalue weighted by atomic mass is 10.1. The molecule has 1 aromatic heterocycles. The van der Waals surface area contributed by atoms with Crippen molar-refractivity contribution in [3.8, 4) is 11.3 Å². The Balaban J connectivity index is 1.65. The average molecular weight is 451 g/mol. The third-order valence-electron chi connectivity index (χ3n) is 5.14. The smallest absolute Gasteiger partial charge is 0.276 e. The zero-order chi connectivity index (χ0) is 21.5. The van der Waals surface area contributed by atoms with Crippen LogP contribution in [-0.4, -0.2) is 21.8 Å². The van der Waals surface area contributed by atoms with Crippen LogP contribution in [0, 0.1) is 6.92 Å². The van der Waals surface area contributed by atoms with Crippen molar-refractivity contribution in [2.75, 3.05) is 5.75 Å². The van der Waals surface area contributed by atoms with Gasteiger partial charge in [-0.2, -0.15) is 0 Å². The predicted molar refractivity (Wildman–Crippen MR) is 123 cm³/mol. The summed E-state index contributed by atoms with van der Waals surface area (Å²) in [5, 5.41) is 11.9. The Morgan fingerprint density at radius 1 is 1.19 bits per heavy atom. The van der Waals surface area contributed by atoms with Gasteiger partial charge in [-0.15, -0.1) is 5.10 Å². The molecule has 3 heterocycles. The molecule has 1 amide bonds. The van der Waals surface area contributed by atoms with Crippen molar-refractivity contribution >= 4 is 40.1 Å². The number of carbonyl (C=O) groups is 1. The summed E-state index contributed by atoms with van der Waals surface area (Å²) in [6.45, 7) is 4.02. The molecule has 0 radical (unpaired) electrons. The van der Waals surface area contributed by atoms with E-state index in [0.717, 1.165) is 27.5 Å². The van der Waals surface area contributed by atoms with Crippen molar-refractivity contribution in [2.24, 2.45) is 10.1 Å². The van der Waals surface area contributed by atoms with Crippen LogP contribution in [0.4, 0.5) is 0 Å². The van der Waals surface area contributed by atoms with Crippen LogP contribution in [0.5, 0.6) is 0 Å². The molecule has 156 valence electrons.